The molecule has 0 aliphatic rings. The minimum absolute atomic E-state index is 0.400. The first-order valence-electron chi connectivity index (χ1n) is 6.45. The summed E-state index contributed by atoms with van der Waals surface area (Å²) in [5.41, 5.74) is 6.87. The van der Waals surface area contributed by atoms with Crippen LogP contribution >= 0.6 is 11.3 Å². The standard InChI is InChI=1S/C13H25N3S/c1-5-12(8-14)6-7-15-9(2)13-10(3)16-11(4)17-13/h9,12,15H,5-8,14H2,1-4H3. The lowest BCUT2D eigenvalue weighted by molar-refractivity contribution is 0.443. The maximum Gasteiger partial charge on any atom is 0.0900 e. The number of nitrogens with zero attached hydrogens (tertiary/aromatic N) is 1. The molecule has 1 aromatic heterocycles. The van der Waals surface area contributed by atoms with E-state index in [1.165, 1.54) is 17.0 Å². The molecule has 1 aromatic rings. The van der Waals surface area contributed by atoms with Crippen molar-refractivity contribution in [3.63, 3.8) is 0 Å². The maximum absolute atomic E-state index is 5.70. The first kappa shape index (κ1) is 14.6. The molecular weight excluding hydrogens is 230 g/mol. The van der Waals surface area contributed by atoms with Crippen molar-refractivity contribution in [2.45, 2.75) is 46.6 Å². The van der Waals surface area contributed by atoms with E-state index >= 15 is 0 Å². The zero-order chi connectivity index (χ0) is 12.8. The molecule has 0 saturated carbocycles. The lowest BCUT2D eigenvalue weighted by Gasteiger charge is -2.16. The lowest BCUT2D eigenvalue weighted by atomic mass is 10.0. The molecule has 1 heterocycles. The van der Waals surface area contributed by atoms with Crippen LogP contribution in [0.5, 0.6) is 0 Å². The third kappa shape index (κ3) is 4.37. The van der Waals surface area contributed by atoms with E-state index in [0.717, 1.165) is 24.5 Å². The fourth-order valence-electron chi connectivity index (χ4n) is 2.03. The molecule has 0 aliphatic carbocycles. The molecule has 98 valence electrons. The zero-order valence-electron chi connectivity index (χ0n) is 11.4. The van der Waals surface area contributed by atoms with Crippen LogP contribution in [-0.4, -0.2) is 18.1 Å². The summed E-state index contributed by atoms with van der Waals surface area (Å²) >= 11 is 1.79. The second-order valence-electron chi connectivity index (χ2n) is 4.66. The predicted molar refractivity (Wildman–Crippen MR) is 75.5 cm³/mol. The molecule has 0 amide bonds. The average molecular weight is 255 g/mol. The van der Waals surface area contributed by atoms with Gasteiger partial charge in [0, 0.05) is 10.9 Å². The van der Waals surface area contributed by atoms with Crippen LogP contribution in [0.15, 0.2) is 0 Å². The molecule has 0 fully saturated rings. The molecule has 0 bridgehead atoms. The summed E-state index contributed by atoms with van der Waals surface area (Å²) in [7, 11) is 0. The van der Waals surface area contributed by atoms with Gasteiger partial charge in [-0.3, -0.25) is 0 Å². The van der Waals surface area contributed by atoms with Crippen molar-refractivity contribution in [2.75, 3.05) is 13.1 Å². The van der Waals surface area contributed by atoms with Crippen molar-refractivity contribution in [1.82, 2.24) is 10.3 Å². The number of thiazole rings is 1. The second kappa shape index (κ2) is 7.09. The number of aromatic nitrogens is 1. The van der Waals surface area contributed by atoms with Crippen LogP contribution in [0.2, 0.25) is 0 Å². The Hall–Kier alpha value is -0.450. The molecule has 3 N–H and O–H groups in total. The van der Waals surface area contributed by atoms with E-state index in [9.17, 15) is 0 Å². The minimum atomic E-state index is 0.400. The smallest absolute Gasteiger partial charge is 0.0900 e. The van der Waals surface area contributed by atoms with Gasteiger partial charge >= 0.3 is 0 Å². The monoisotopic (exact) mass is 255 g/mol. The molecule has 0 saturated heterocycles. The lowest BCUT2D eigenvalue weighted by Crippen LogP contribution is -2.24. The highest BCUT2D eigenvalue weighted by atomic mass is 32.1. The van der Waals surface area contributed by atoms with E-state index in [1.54, 1.807) is 11.3 Å². The van der Waals surface area contributed by atoms with E-state index in [2.05, 4.69) is 38.0 Å². The van der Waals surface area contributed by atoms with E-state index in [-0.39, 0.29) is 0 Å². The van der Waals surface area contributed by atoms with Crippen molar-refractivity contribution >= 4 is 11.3 Å². The van der Waals surface area contributed by atoms with Gasteiger partial charge in [-0.25, -0.2) is 4.98 Å². The second-order valence-corrected chi connectivity index (χ2v) is 5.89. The van der Waals surface area contributed by atoms with Gasteiger partial charge in [-0.1, -0.05) is 13.3 Å². The molecule has 1 rings (SSSR count). The molecule has 2 atom stereocenters. The Morgan fingerprint density at radius 1 is 1.41 bits per heavy atom. The summed E-state index contributed by atoms with van der Waals surface area (Å²) in [4.78, 5) is 5.83. The summed E-state index contributed by atoms with van der Waals surface area (Å²) in [6, 6.07) is 0.400. The third-order valence-corrected chi connectivity index (χ3v) is 4.50. The Morgan fingerprint density at radius 3 is 2.59 bits per heavy atom. The summed E-state index contributed by atoms with van der Waals surface area (Å²) in [5.74, 6) is 0.652. The van der Waals surface area contributed by atoms with Crippen molar-refractivity contribution < 1.29 is 0 Å². The Kier molecular flexibility index (Phi) is 6.09. The topological polar surface area (TPSA) is 50.9 Å². The third-order valence-electron chi connectivity index (χ3n) is 3.25. The summed E-state index contributed by atoms with van der Waals surface area (Å²) in [5, 5.41) is 4.72. The molecule has 2 unspecified atom stereocenters. The van der Waals surface area contributed by atoms with Crippen molar-refractivity contribution in [3.05, 3.63) is 15.6 Å². The van der Waals surface area contributed by atoms with Gasteiger partial charge in [0.05, 0.1) is 10.7 Å². The fraction of sp³-hybridized carbons (Fsp3) is 0.769. The maximum atomic E-state index is 5.70. The Labute approximate surface area is 109 Å². The van der Waals surface area contributed by atoms with Crippen LogP contribution in [0.1, 0.15) is 48.3 Å². The Morgan fingerprint density at radius 2 is 2.12 bits per heavy atom. The molecule has 0 aliphatic heterocycles. The average Bonchev–Trinajstić information content (AvgIpc) is 2.64. The van der Waals surface area contributed by atoms with Gasteiger partial charge in [-0.05, 0) is 46.2 Å². The predicted octanol–water partition coefficient (Wildman–Crippen LogP) is 2.79. The largest absolute Gasteiger partial charge is 0.330 e. The summed E-state index contributed by atoms with van der Waals surface area (Å²) in [6.07, 6.45) is 2.33. The molecule has 0 radical (unpaired) electrons. The molecular formula is C13H25N3S. The van der Waals surface area contributed by atoms with Crippen LogP contribution < -0.4 is 11.1 Å². The SMILES string of the molecule is CCC(CN)CCNC(C)c1sc(C)nc1C. The highest BCUT2D eigenvalue weighted by molar-refractivity contribution is 7.11. The normalized spacial score (nSPS) is 14.9. The van der Waals surface area contributed by atoms with Crippen molar-refractivity contribution in [2.24, 2.45) is 11.7 Å². The minimum Gasteiger partial charge on any atom is -0.330 e. The molecule has 17 heavy (non-hydrogen) atoms. The van der Waals surface area contributed by atoms with Gasteiger partial charge < -0.3 is 11.1 Å². The van der Waals surface area contributed by atoms with Gasteiger partial charge in [0.25, 0.3) is 0 Å². The summed E-state index contributed by atoms with van der Waals surface area (Å²) < 4.78 is 0. The Balaban J connectivity index is 2.39. The first-order chi connectivity index (χ1) is 8.08. The van der Waals surface area contributed by atoms with E-state index in [1.807, 2.05) is 0 Å². The molecule has 0 aromatic carbocycles. The van der Waals surface area contributed by atoms with Gasteiger partial charge in [0.2, 0.25) is 0 Å². The molecule has 4 heteroatoms. The number of nitrogens with one attached hydrogen (secondary N) is 1. The molecule has 0 spiro atoms. The van der Waals surface area contributed by atoms with Gasteiger partial charge in [-0.15, -0.1) is 11.3 Å². The van der Waals surface area contributed by atoms with Crippen LogP contribution in [0.4, 0.5) is 0 Å². The van der Waals surface area contributed by atoms with E-state index in [0.29, 0.717) is 12.0 Å². The fourth-order valence-corrected chi connectivity index (χ4v) is 2.99. The number of hydrogen-bond donors (Lipinski definition) is 2. The van der Waals surface area contributed by atoms with Gasteiger partial charge in [0.1, 0.15) is 0 Å². The highest BCUT2D eigenvalue weighted by Crippen LogP contribution is 2.24. The number of hydrogen-bond acceptors (Lipinski definition) is 4. The number of aryl methyl sites for hydroxylation is 2. The quantitative estimate of drug-likeness (QED) is 0.787. The summed E-state index contributed by atoms with van der Waals surface area (Å²) in [6.45, 7) is 10.4. The van der Waals surface area contributed by atoms with Crippen LogP contribution in [0.25, 0.3) is 0 Å². The Bertz CT molecular complexity index is 331. The highest BCUT2D eigenvalue weighted by Gasteiger charge is 2.12. The van der Waals surface area contributed by atoms with Crippen LogP contribution in [0, 0.1) is 19.8 Å². The zero-order valence-corrected chi connectivity index (χ0v) is 12.2. The number of nitrogens with two attached hydrogens (primary N) is 1. The van der Waals surface area contributed by atoms with E-state index in [4.69, 9.17) is 5.73 Å². The van der Waals surface area contributed by atoms with Crippen molar-refractivity contribution in [3.8, 4) is 0 Å². The number of rotatable bonds is 7. The van der Waals surface area contributed by atoms with Gasteiger partial charge in [0.15, 0.2) is 0 Å². The van der Waals surface area contributed by atoms with Crippen LogP contribution in [-0.2, 0) is 0 Å². The van der Waals surface area contributed by atoms with Gasteiger partial charge in [-0.2, -0.15) is 0 Å². The molecule has 3 nitrogen and oxygen atoms in total. The van der Waals surface area contributed by atoms with E-state index < -0.39 is 0 Å². The van der Waals surface area contributed by atoms with Crippen LogP contribution in [0.3, 0.4) is 0 Å². The first-order valence-corrected chi connectivity index (χ1v) is 7.27. The van der Waals surface area contributed by atoms with Crippen molar-refractivity contribution in [1.29, 1.82) is 0 Å².